The maximum atomic E-state index is 13.7. The van der Waals surface area contributed by atoms with Gasteiger partial charge in [0.1, 0.15) is 17.5 Å². The Labute approximate surface area is 124 Å². The molecule has 1 unspecified atom stereocenters. The van der Waals surface area contributed by atoms with E-state index in [9.17, 15) is 9.18 Å². The van der Waals surface area contributed by atoms with Gasteiger partial charge >= 0.3 is 6.09 Å². The third-order valence-corrected chi connectivity index (χ3v) is 3.38. The number of rotatable bonds is 1. The smallest absolute Gasteiger partial charge is 0.410 e. The molecule has 112 valence electrons. The van der Waals surface area contributed by atoms with Gasteiger partial charge in [0.25, 0.3) is 0 Å². The van der Waals surface area contributed by atoms with Crippen LogP contribution in [0.4, 0.5) is 9.18 Å². The molecule has 1 aliphatic heterocycles. The Balaban J connectivity index is 2.21. The number of hydrogen-bond donors (Lipinski definition) is 0. The number of nitrogens with zero attached hydrogens (tertiary/aromatic N) is 2. The van der Waals surface area contributed by atoms with E-state index in [1.807, 2.05) is 20.8 Å². The predicted octanol–water partition coefficient (Wildman–Crippen LogP) is 3.77. The fraction of sp³-hybridized carbons (Fsp3) is 0.500. The normalized spacial score (nSPS) is 18.4. The van der Waals surface area contributed by atoms with E-state index < -0.39 is 11.4 Å². The van der Waals surface area contributed by atoms with Crippen molar-refractivity contribution in [1.29, 1.82) is 5.26 Å². The summed E-state index contributed by atoms with van der Waals surface area (Å²) in [5.74, 6) is -0.550. The molecule has 0 aliphatic carbocycles. The fourth-order valence-corrected chi connectivity index (χ4v) is 2.48. The molecular weight excluding hydrogens is 271 g/mol. The van der Waals surface area contributed by atoms with Gasteiger partial charge in [-0.25, -0.2) is 9.18 Å². The van der Waals surface area contributed by atoms with Crippen molar-refractivity contribution in [3.05, 3.63) is 35.1 Å². The topological polar surface area (TPSA) is 53.3 Å². The first-order valence-electron chi connectivity index (χ1n) is 7.01. The summed E-state index contributed by atoms with van der Waals surface area (Å²) < 4.78 is 19.1. The number of benzene rings is 1. The number of ether oxygens (including phenoxy) is 1. The van der Waals surface area contributed by atoms with Gasteiger partial charge in [0.05, 0.1) is 11.6 Å². The largest absolute Gasteiger partial charge is 0.444 e. The Morgan fingerprint density at radius 1 is 1.48 bits per heavy atom. The molecule has 0 bridgehead atoms. The second-order valence-electron chi connectivity index (χ2n) is 6.18. The van der Waals surface area contributed by atoms with Crippen LogP contribution in [0.15, 0.2) is 18.2 Å². The summed E-state index contributed by atoms with van der Waals surface area (Å²) in [7, 11) is 0. The second kappa shape index (κ2) is 5.72. The number of carbonyl (C=O) groups excluding carboxylic acids is 1. The molecule has 4 nitrogen and oxygen atoms in total. The molecule has 1 aromatic carbocycles. The molecule has 0 spiro atoms. The van der Waals surface area contributed by atoms with Crippen LogP contribution in [0.1, 0.15) is 50.8 Å². The zero-order chi connectivity index (χ0) is 15.6. The van der Waals surface area contributed by atoms with Crippen LogP contribution in [0.5, 0.6) is 0 Å². The van der Waals surface area contributed by atoms with Crippen molar-refractivity contribution in [2.45, 2.75) is 45.3 Å². The summed E-state index contributed by atoms with van der Waals surface area (Å²) in [5, 5.41) is 8.77. The van der Waals surface area contributed by atoms with Crippen molar-refractivity contribution < 1.29 is 13.9 Å². The first kappa shape index (κ1) is 15.3. The standard InChI is InChI=1S/C16H19FN2O2/c1-16(2,3)21-15(20)19-8-4-5-14(19)11-6-7-12(10-18)13(17)9-11/h6-7,9,14H,4-5,8H2,1-3H3. The van der Waals surface area contributed by atoms with Crippen molar-refractivity contribution in [2.75, 3.05) is 6.54 Å². The van der Waals surface area contributed by atoms with Gasteiger partial charge in [0.15, 0.2) is 0 Å². The van der Waals surface area contributed by atoms with Crippen molar-refractivity contribution in [1.82, 2.24) is 4.90 Å². The summed E-state index contributed by atoms with van der Waals surface area (Å²) in [6.07, 6.45) is 1.24. The summed E-state index contributed by atoms with van der Waals surface area (Å²) in [6.45, 7) is 6.05. The van der Waals surface area contributed by atoms with Crippen molar-refractivity contribution in [2.24, 2.45) is 0 Å². The highest BCUT2D eigenvalue weighted by Crippen LogP contribution is 2.33. The van der Waals surface area contributed by atoms with Crippen LogP contribution < -0.4 is 0 Å². The first-order valence-corrected chi connectivity index (χ1v) is 7.01. The van der Waals surface area contributed by atoms with Crippen molar-refractivity contribution >= 4 is 6.09 Å². The minimum atomic E-state index is -0.555. The summed E-state index contributed by atoms with van der Waals surface area (Å²) >= 11 is 0. The second-order valence-corrected chi connectivity index (χ2v) is 6.18. The van der Waals surface area contributed by atoms with Crippen LogP contribution in [0.2, 0.25) is 0 Å². The highest BCUT2D eigenvalue weighted by molar-refractivity contribution is 5.69. The van der Waals surface area contributed by atoms with E-state index in [0.717, 1.165) is 12.8 Å². The Morgan fingerprint density at radius 3 is 2.76 bits per heavy atom. The molecular formula is C16H19FN2O2. The van der Waals surface area contributed by atoms with E-state index >= 15 is 0 Å². The molecule has 0 radical (unpaired) electrons. The van der Waals surface area contributed by atoms with E-state index in [1.54, 1.807) is 17.0 Å². The quantitative estimate of drug-likeness (QED) is 0.791. The zero-order valence-electron chi connectivity index (χ0n) is 12.5. The number of halogens is 1. The zero-order valence-corrected chi connectivity index (χ0v) is 12.5. The Hall–Kier alpha value is -2.09. The average Bonchev–Trinajstić information content (AvgIpc) is 2.85. The van der Waals surface area contributed by atoms with Gasteiger partial charge in [-0.05, 0) is 51.3 Å². The van der Waals surface area contributed by atoms with Crippen molar-refractivity contribution in [3.8, 4) is 6.07 Å². The molecule has 1 aromatic rings. The summed E-state index contributed by atoms with van der Waals surface area (Å²) in [4.78, 5) is 13.8. The lowest BCUT2D eigenvalue weighted by Crippen LogP contribution is -2.36. The summed E-state index contributed by atoms with van der Waals surface area (Å²) in [5.41, 5.74) is 0.163. The predicted molar refractivity (Wildman–Crippen MR) is 76.0 cm³/mol. The number of carbonyl (C=O) groups is 1. The fourth-order valence-electron chi connectivity index (χ4n) is 2.48. The Morgan fingerprint density at radius 2 is 2.19 bits per heavy atom. The maximum absolute atomic E-state index is 13.7. The Bertz CT molecular complexity index is 587. The van der Waals surface area contributed by atoms with E-state index in [0.29, 0.717) is 12.1 Å². The van der Waals surface area contributed by atoms with Gasteiger partial charge in [-0.15, -0.1) is 0 Å². The van der Waals surface area contributed by atoms with E-state index in [4.69, 9.17) is 10.00 Å². The lowest BCUT2D eigenvalue weighted by molar-refractivity contribution is 0.0224. The highest BCUT2D eigenvalue weighted by atomic mass is 19.1. The number of nitriles is 1. The van der Waals surface area contributed by atoms with Gasteiger partial charge in [-0.1, -0.05) is 6.07 Å². The van der Waals surface area contributed by atoms with E-state index in [1.165, 1.54) is 12.1 Å². The van der Waals surface area contributed by atoms with Gasteiger partial charge < -0.3 is 9.64 Å². The number of amides is 1. The Kier molecular flexibility index (Phi) is 4.17. The molecule has 1 heterocycles. The third kappa shape index (κ3) is 3.52. The highest BCUT2D eigenvalue weighted by Gasteiger charge is 2.33. The molecule has 21 heavy (non-hydrogen) atoms. The molecule has 0 N–H and O–H groups in total. The molecule has 0 aromatic heterocycles. The van der Waals surface area contributed by atoms with Gasteiger partial charge in [-0.3, -0.25) is 0 Å². The minimum Gasteiger partial charge on any atom is -0.444 e. The molecule has 1 fully saturated rings. The van der Waals surface area contributed by atoms with Crippen LogP contribution in [-0.4, -0.2) is 23.1 Å². The van der Waals surface area contributed by atoms with Crippen LogP contribution in [-0.2, 0) is 4.74 Å². The van der Waals surface area contributed by atoms with Gasteiger partial charge in [0.2, 0.25) is 0 Å². The van der Waals surface area contributed by atoms with Gasteiger partial charge in [0, 0.05) is 6.54 Å². The first-order chi connectivity index (χ1) is 9.81. The molecule has 0 saturated carbocycles. The summed E-state index contributed by atoms with van der Waals surface area (Å²) in [6, 6.07) is 6.10. The van der Waals surface area contributed by atoms with Crippen LogP contribution in [0, 0.1) is 17.1 Å². The van der Waals surface area contributed by atoms with Crippen LogP contribution in [0.3, 0.4) is 0 Å². The van der Waals surface area contributed by atoms with Gasteiger partial charge in [-0.2, -0.15) is 5.26 Å². The van der Waals surface area contributed by atoms with Crippen LogP contribution >= 0.6 is 0 Å². The SMILES string of the molecule is CC(C)(C)OC(=O)N1CCCC1c1ccc(C#N)c(F)c1. The number of likely N-dealkylation sites (tertiary alicyclic amines) is 1. The molecule has 1 aliphatic rings. The number of hydrogen-bond acceptors (Lipinski definition) is 3. The molecule has 1 atom stereocenters. The lowest BCUT2D eigenvalue weighted by Gasteiger charge is -2.28. The monoisotopic (exact) mass is 290 g/mol. The van der Waals surface area contributed by atoms with E-state index in [-0.39, 0.29) is 17.7 Å². The van der Waals surface area contributed by atoms with Crippen molar-refractivity contribution in [3.63, 3.8) is 0 Å². The maximum Gasteiger partial charge on any atom is 0.410 e. The molecule has 2 rings (SSSR count). The minimum absolute atomic E-state index is 0.0144. The molecule has 5 heteroatoms. The third-order valence-electron chi connectivity index (χ3n) is 3.38. The molecule has 1 amide bonds. The average molecular weight is 290 g/mol. The van der Waals surface area contributed by atoms with E-state index in [2.05, 4.69) is 0 Å². The lowest BCUT2D eigenvalue weighted by atomic mass is 10.0. The van der Waals surface area contributed by atoms with Crippen LogP contribution in [0.25, 0.3) is 0 Å². The molecule has 1 saturated heterocycles.